The van der Waals surface area contributed by atoms with Gasteiger partial charge in [0.05, 0.1) is 16.3 Å². The van der Waals surface area contributed by atoms with Crippen molar-refractivity contribution in [1.29, 1.82) is 0 Å². The number of rotatable bonds is 2. The highest BCUT2D eigenvalue weighted by Gasteiger charge is 2.28. The van der Waals surface area contributed by atoms with E-state index in [2.05, 4.69) is 9.98 Å². The van der Waals surface area contributed by atoms with Crippen LogP contribution in [0.25, 0.3) is 5.69 Å². The van der Waals surface area contributed by atoms with Crippen molar-refractivity contribution < 1.29 is 14.4 Å². The third-order valence-electron chi connectivity index (χ3n) is 4.26. The van der Waals surface area contributed by atoms with Crippen LogP contribution >= 0.6 is 0 Å². The van der Waals surface area contributed by atoms with Gasteiger partial charge in [-0.25, -0.2) is 14.4 Å². The molecule has 0 fully saturated rings. The molecule has 8 heteroatoms. The number of imidazole rings is 1. The summed E-state index contributed by atoms with van der Waals surface area (Å²) in [5.41, 5.74) is 1.75. The number of nitrogens with zero attached hydrogens (tertiary/aromatic N) is 4. The first kappa shape index (κ1) is 16.1. The number of aromatic nitrogens is 2. The summed E-state index contributed by atoms with van der Waals surface area (Å²) in [4.78, 5) is 19.1. The maximum Gasteiger partial charge on any atom is 0.270 e. The normalized spacial score (nSPS) is 15.7. The molecule has 0 saturated carbocycles. The molecule has 1 unspecified atom stereocenters. The molecule has 2 aromatic carbocycles. The predicted octanol–water partition coefficient (Wildman–Crippen LogP) is 3.07. The molecule has 1 aliphatic rings. The van der Waals surface area contributed by atoms with Gasteiger partial charge in [-0.15, -0.1) is 0 Å². The molecule has 26 heavy (non-hydrogen) atoms. The van der Waals surface area contributed by atoms with Gasteiger partial charge >= 0.3 is 0 Å². The highest BCUT2D eigenvalue weighted by Crippen LogP contribution is 2.32. The van der Waals surface area contributed by atoms with E-state index in [4.69, 9.17) is 0 Å². The van der Waals surface area contributed by atoms with E-state index in [9.17, 15) is 19.6 Å². The first-order chi connectivity index (χ1) is 12.5. The van der Waals surface area contributed by atoms with Crippen LogP contribution in [0.1, 0.15) is 28.9 Å². The summed E-state index contributed by atoms with van der Waals surface area (Å²) < 4.78 is 16.1. The lowest BCUT2D eigenvalue weighted by Gasteiger charge is -2.13. The molecule has 1 aromatic heterocycles. The highest BCUT2D eigenvalue weighted by molar-refractivity contribution is 6.15. The van der Waals surface area contributed by atoms with E-state index in [1.807, 2.05) is 0 Å². The van der Waals surface area contributed by atoms with Gasteiger partial charge in [0.1, 0.15) is 5.82 Å². The monoisotopic (exact) mass is 352 g/mol. The number of aliphatic hydroxyl groups is 1. The van der Waals surface area contributed by atoms with Crippen molar-refractivity contribution in [3.8, 4) is 5.69 Å². The van der Waals surface area contributed by atoms with Gasteiger partial charge in [-0.05, 0) is 25.1 Å². The number of hydrogen-bond donors (Lipinski definition) is 1. The second-order valence-electron chi connectivity index (χ2n) is 5.88. The second kappa shape index (κ2) is 5.85. The highest BCUT2D eigenvalue weighted by atomic mass is 19.1. The van der Waals surface area contributed by atoms with E-state index < -0.39 is 17.0 Å². The third kappa shape index (κ3) is 2.39. The summed E-state index contributed by atoms with van der Waals surface area (Å²) >= 11 is 0. The molecule has 0 saturated heterocycles. The Morgan fingerprint density at radius 1 is 1.23 bits per heavy atom. The minimum atomic E-state index is -1.33. The summed E-state index contributed by atoms with van der Waals surface area (Å²) in [6.07, 6.45) is 0.248. The van der Waals surface area contributed by atoms with Gasteiger partial charge in [0, 0.05) is 35.2 Å². The Labute approximate surface area is 147 Å². The molecule has 1 N–H and O–H groups in total. The van der Waals surface area contributed by atoms with Crippen LogP contribution in [0.15, 0.2) is 53.7 Å². The van der Waals surface area contributed by atoms with Crippen molar-refractivity contribution >= 4 is 11.4 Å². The number of aryl methyl sites for hydroxylation is 1. The third-order valence-corrected chi connectivity index (χ3v) is 4.26. The lowest BCUT2D eigenvalue weighted by molar-refractivity contribution is -0.384. The fraction of sp³-hybridized carbons (Fsp3) is 0.111. The number of fused-ring (bicyclic) bond motifs is 3. The molecule has 0 aliphatic carbocycles. The molecule has 4 rings (SSSR count). The molecule has 0 amide bonds. The summed E-state index contributed by atoms with van der Waals surface area (Å²) in [7, 11) is 0. The predicted molar refractivity (Wildman–Crippen MR) is 92.0 cm³/mol. The van der Waals surface area contributed by atoms with Gasteiger partial charge in [-0.1, -0.05) is 12.1 Å². The number of nitro benzene ring substituents is 1. The molecule has 1 aliphatic heterocycles. The Morgan fingerprint density at radius 2 is 2.00 bits per heavy atom. The van der Waals surface area contributed by atoms with Crippen molar-refractivity contribution in [2.75, 3.05) is 0 Å². The molecule has 0 spiro atoms. The van der Waals surface area contributed by atoms with Crippen LogP contribution in [-0.2, 0) is 0 Å². The number of aliphatic hydroxyl groups excluding tert-OH is 1. The second-order valence-corrected chi connectivity index (χ2v) is 5.88. The fourth-order valence-electron chi connectivity index (χ4n) is 3.09. The standard InChI is InChI=1S/C18H13FN4O3/c1-10-9-20-17-18(24)21-16(12-4-2-3-5-14(12)19)13-8-11(23(25)26)6-7-15(13)22(10)17/h2-9,18,24H,1H3. The summed E-state index contributed by atoms with van der Waals surface area (Å²) in [5.74, 6) is -0.267. The van der Waals surface area contributed by atoms with E-state index in [0.717, 1.165) is 5.69 Å². The molecule has 2 heterocycles. The molecular formula is C18H13FN4O3. The average molecular weight is 352 g/mol. The molecular weight excluding hydrogens is 339 g/mol. The van der Waals surface area contributed by atoms with E-state index in [0.29, 0.717) is 11.3 Å². The van der Waals surface area contributed by atoms with Crippen LogP contribution in [-0.4, -0.2) is 25.3 Å². The lowest BCUT2D eigenvalue weighted by atomic mass is 9.99. The molecule has 0 bridgehead atoms. The van der Waals surface area contributed by atoms with E-state index in [1.165, 1.54) is 30.3 Å². The first-order valence-corrected chi connectivity index (χ1v) is 7.81. The zero-order chi connectivity index (χ0) is 18.4. The maximum atomic E-state index is 14.4. The first-order valence-electron chi connectivity index (χ1n) is 7.81. The van der Waals surface area contributed by atoms with E-state index in [1.54, 1.807) is 29.8 Å². The molecule has 130 valence electrons. The smallest absolute Gasteiger partial charge is 0.270 e. The van der Waals surface area contributed by atoms with Crippen molar-refractivity contribution in [3.05, 3.63) is 87.2 Å². The van der Waals surface area contributed by atoms with Crippen LogP contribution < -0.4 is 0 Å². The van der Waals surface area contributed by atoms with Gasteiger partial charge in [0.25, 0.3) is 5.69 Å². The minimum Gasteiger partial charge on any atom is -0.365 e. The van der Waals surface area contributed by atoms with Gasteiger partial charge in [-0.3, -0.25) is 14.7 Å². The van der Waals surface area contributed by atoms with Crippen molar-refractivity contribution in [1.82, 2.24) is 9.55 Å². The summed E-state index contributed by atoms with van der Waals surface area (Å²) in [6, 6.07) is 10.2. The van der Waals surface area contributed by atoms with Gasteiger partial charge in [0.15, 0.2) is 5.82 Å². The van der Waals surface area contributed by atoms with Crippen molar-refractivity contribution in [2.24, 2.45) is 4.99 Å². The molecule has 0 radical (unpaired) electrons. The van der Waals surface area contributed by atoms with Crippen LogP contribution in [0.5, 0.6) is 0 Å². The zero-order valence-corrected chi connectivity index (χ0v) is 13.6. The van der Waals surface area contributed by atoms with Crippen molar-refractivity contribution in [2.45, 2.75) is 13.2 Å². The van der Waals surface area contributed by atoms with Gasteiger partial charge < -0.3 is 5.11 Å². The number of hydrogen-bond acceptors (Lipinski definition) is 5. The van der Waals surface area contributed by atoms with Crippen molar-refractivity contribution in [3.63, 3.8) is 0 Å². The zero-order valence-electron chi connectivity index (χ0n) is 13.6. The molecule has 1 atom stereocenters. The Kier molecular flexibility index (Phi) is 3.62. The van der Waals surface area contributed by atoms with Crippen LogP contribution in [0.4, 0.5) is 10.1 Å². The Balaban J connectivity index is 2.07. The number of non-ortho nitro benzene ring substituents is 1. The van der Waals surface area contributed by atoms with Crippen LogP contribution in [0.3, 0.4) is 0 Å². The van der Waals surface area contributed by atoms with Gasteiger partial charge in [0.2, 0.25) is 6.23 Å². The van der Waals surface area contributed by atoms with E-state index >= 15 is 0 Å². The maximum absolute atomic E-state index is 14.4. The Hall–Kier alpha value is -3.39. The fourth-order valence-corrected chi connectivity index (χ4v) is 3.09. The number of benzene rings is 2. The average Bonchev–Trinajstić information content (AvgIpc) is 2.95. The molecule has 3 aromatic rings. The largest absolute Gasteiger partial charge is 0.365 e. The number of halogens is 1. The van der Waals surface area contributed by atoms with E-state index in [-0.39, 0.29) is 22.8 Å². The Bertz CT molecular complexity index is 1070. The summed E-state index contributed by atoms with van der Waals surface area (Å²) in [5, 5.41) is 21.7. The topological polar surface area (TPSA) is 93.5 Å². The summed E-state index contributed by atoms with van der Waals surface area (Å²) in [6.45, 7) is 1.79. The Morgan fingerprint density at radius 3 is 2.73 bits per heavy atom. The van der Waals surface area contributed by atoms with Gasteiger partial charge in [-0.2, -0.15) is 0 Å². The quantitative estimate of drug-likeness (QED) is 0.566. The number of aliphatic imine (C=N–C) groups is 1. The lowest BCUT2D eigenvalue weighted by Crippen LogP contribution is -2.10. The SMILES string of the molecule is Cc1cnc2n1-c1ccc([N+](=O)[O-])cc1C(c1ccccc1F)=NC2O. The molecule has 7 nitrogen and oxygen atoms in total. The number of nitro groups is 1. The van der Waals surface area contributed by atoms with Crippen LogP contribution in [0.2, 0.25) is 0 Å². The minimum absolute atomic E-state index is 0.138. The van der Waals surface area contributed by atoms with Crippen LogP contribution in [0, 0.1) is 22.9 Å².